The van der Waals surface area contributed by atoms with E-state index in [1.54, 1.807) is 35.2 Å². The van der Waals surface area contributed by atoms with Crippen LogP contribution in [0.4, 0.5) is 10.2 Å². The van der Waals surface area contributed by atoms with Gasteiger partial charge in [-0.15, -0.1) is 0 Å². The van der Waals surface area contributed by atoms with Crippen LogP contribution in [-0.2, 0) is 4.79 Å². The van der Waals surface area contributed by atoms with Crippen molar-refractivity contribution in [2.75, 3.05) is 31.1 Å². The fourth-order valence-electron chi connectivity index (χ4n) is 3.60. The quantitative estimate of drug-likeness (QED) is 0.646. The van der Waals surface area contributed by atoms with Crippen molar-refractivity contribution >= 4 is 22.6 Å². The summed E-state index contributed by atoms with van der Waals surface area (Å²) < 4.78 is 14.3. The lowest BCUT2D eigenvalue weighted by molar-refractivity contribution is -0.126. The van der Waals surface area contributed by atoms with E-state index in [9.17, 15) is 14.4 Å². The number of anilines is 1. The van der Waals surface area contributed by atoms with Crippen molar-refractivity contribution < 1.29 is 9.18 Å². The highest BCUT2D eigenvalue weighted by molar-refractivity contribution is 5.95. The van der Waals surface area contributed by atoms with Gasteiger partial charge in [-0.25, -0.2) is 14.4 Å². The van der Waals surface area contributed by atoms with E-state index >= 15 is 0 Å². The molecule has 1 saturated heterocycles. The number of nitriles is 1. The molecule has 4 rings (SSSR count). The van der Waals surface area contributed by atoms with Crippen molar-refractivity contribution in [2.24, 2.45) is 0 Å². The Balaban J connectivity index is 1.75. The summed E-state index contributed by atoms with van der Waals surface area (Å²) in [5, 5.41) is 10.4. The minimum absolute atomic E-state index is 0.0847. The molecule has 0 unspecified atom stereocenters. The average molecular weight is 387 g/mol. The van der Waals surface area contributed by atoms with Crippen molar-refractivity contribution in [1.82, 2.24) is 14.9 Å². The largest absolute Gasteiger partial charge is 0.352 e. The molecule has 2 aromatic carbocycles. The molecular weight excluding hydrogens is 369 g/mol. The number of fused-ring (bicyclic) bond motifs is 1. The molecule has 6 nitrogen and oxygen atoms in total. The van der Waals surface area contributed by atoms with Crippen LogP contribution in [0.2, 0.25) is 0 Å². The summed E-state index contributed by atoms with van der Waals surface area (Å²) in [6.45, 7) is 5.89. The van der Waals surface area contributed by atoms with Crippen LogP contribution in [0, 0.1) is 17.1 Å². The van der Waals surface area contributed by atoms with Crippen LogP contribution in [-0.4, -0.2) is 47.0 Å². The Labute approximate surface area is 167 Å². The minimum Gasteiger partial charge on any atom is -0.352 e. The van der Waals surface area contributed by atoms with E-state index in [-0.39, 0.29) is 11.7 Å². The summed E-state index contributed by atoms with van der Waals surface area (Å²) in [6.07, 6.45) is 2.79. The van der Waals surface area contributed by atoms with Gasteiger partial charge in [0.05, 0.1) is 17.1 Å². The molecule has 0 aliphatic carbocycles. The zero-order valence-electron chi connectivity index (χ0n) is 15.7. The molecular formula is C22H18FN5O. The molecule has 0 saturated carbocycles. The highest BCUT2D eigenvalue weighted by Crippen LogP contribution is 2.32. The Kier molecular flexibility index (Phi) is 4.92. The maximum absolute atomic E-state index is 14.3. The summed E-state index contributed by atoms with van der Waals surface area (Å²) in [6, 6.07) is 12.0. The lowest BCUT2D eigenvalue weighted by Gasteiger charge is -2.35. The van der Waals surface area contributed by atoms with Gasteiger partial charge in [0, 0.05) is 42.7 Å². The summed E-state index contributed by atoms with van der Waals surface area (Å²) >= 11 is 0. The molecule has 29 heavy (non-hydrogen) atoms. The van der Waals surface area contributed by atoms with Crippen LogP contribution in [0.5, 0.6) is 0 Å². The maximum Gasteiger partial charge on any atom is 0.246 e. The van der Waals surface area contributed by atoms with Gasteiger partial charge in [0.2, 0.25) is 5.91 Å². The molecule has 0 atom stereocenters. The van der Waals surface area contributed by atoms with Crippen molar-refractivity contribution in [3.05, 3.63) is 66.8 Å². The Hall–Kier alpha value is -3.79. The van der Waals surface area contributed by atoms with E-state index in [2.05, 4.69) is 27.5 Å². The average Bonchev–Trinajstić information content (AvgIpc) is 2.77. The van der Waals surface area contributed by atoms with Crippen LogP contribution < -0.4 is 4.90 Å². The Morgan fingerprint density at radius 2 is 1.90 bits per heavy atom. The lowest BCUT2D eigenvalue weighted by Crippen LogP contribution is -2.48. The minimum atomic E-state index is -0.388. The Morgan fingerprint density at radius 1 is 1.14 bits per heavy atom. The predicted molar refractivity (Wildman–Crippen MR) is 109 cm³/mol. The Morgan fingerprint density at radius 3 is 2.59 bits per heavy atom. The number of hydrogen-bond donors (Lipinski definition) is 0. The zero-order valence-corrected chi connectivity index (χ0v) is 15.7. The monoisotopic (exact) mass is 387 g/mol. The Bertz CT molecular complexity index is 1150. The number of piperazine rings is 1. The first-order chi connectivity index (χ1) is 14.1. The van der Waals surface area contributed by atoms with Gasteiger partial charge in [0.25, 0.3) is 0 Å². The zero-order chi connectivity index (χ0) is 20.4. The molecule has 3 aromatic rings. The molecule has 1 aliphatic rings. The SMILES string of the molecule is C=CC(=O)N1CCN(c2ncnc3cc(-c4ccccc4F)c(C#N)cc23)CC1. The standard InChI is InChI=1S/C22H18FN5O/c1-2-21(29)27-7-9-28(10-8-27)22-18-11-15(13-24)17(12-20(18)25-14-26-22)16-5-3-4-6-19(16)23/h2-6,11-12,14H,1,7-10H2. The van der Waals surface area contributed by atoms with E-state index in [0.717, 1.165) is 5.39 Å². The van der Waals surface area contributed by atoms with Crippen molar-refractivity contribution in [2.45, 2.75) is 0 Å². The van der Waals surface area contributed by atoms with Crippen LogP contribution in [0.25, 0.3) is 22.0 Å². The number of carbonyl (C=O) groups is 1. The molecule has 144 valence electrons. The third-order valence-corrected chi connectivity index (χ3v) is 5.10. The van der Waals surface area contributed by atoms with Crippen LogP contribution >= 0.6 is 0 Å². The lowest BCUT2D eigenvalue weighted by atomic mass is 9.97. The number of halogens is 1. The number of nitrogens with zero attached hydrogens (tertiary/aromatic N) is 5. The smallest absolute Gasteiger partial charge is 0.246 e. The number of carbonyl (C=O) groups excluding carboxylic acids is 1. The molecule has 2 heterocycles. The van der Waals surface area contributed by atoms with E-state index in [1.165, 1.54) is 18.5 Å². The van der Waals surface area contributed by atoms with Gasteiger partial charge in [0.1, 0.15) is 18.0 Å². The van der Waals surface area contributed by atoms with Crippen LogP contribution in [0.15, 0.2) is 55.4 Å². The first-order valence-electron chi connectivity index (χ1n) is 9.22. The van der Waals surface area contributed by atoms with E-state index < -0.39 is 0 Å². The number of amides is 1. The highest BCUT2D eigenvalue weighted by atomic mass is 19.1. The molecule has 1 aromatic heterocycles. The summed E-state index contributed by atoms with van der Waals surface area (Å²) in [5.74, 6) is 0.233. The summed E-state index contributed by atoms with van der Waals surface area (Å²) in [4.78, 5) is 24.4. The fraction of sp³-hybridized carbons (Fsp3) is 0.182. The molecule has 1 fully saturated rings. The third kappa shape index (κ3) is 3.41. The van der Waals surface area contributed by atoms with Gasteiger partial charge in [-0.2, -0.15) is 5.26 Å². The number of aromatic nitrogens is 2. The summed E-state index contributed by atoms with van der Waals surface area (Å²) in [5.41, 5.74) is 1.86. The van der Waals surface area contributed by atoms with Gasteiger partial charge >= 0.3 is 0 Å². The second-order valence-electron chi connectivity index (χ2n) is 6.72. The molecule has 0 radical (unpaired) electrons. The third-order valence-electron chi connectivity index (χ3n) is 5.10. The van der Waals surface area contributed by atoms with Gasteiger partial charge < -0.3 is 9.80 Å². The molecule has 0 spiro atoms. The first kappa shape index (κ1) is 18.6. The topological polar surface area (TPSA) is 73.1 Å². The molecule has 0 N–H and O–H groups in total. The van der Waals surface area contributed by atoms with Crippen molar-refractivity contribution in [1.29, 1.82) is 5.26 Å². The van der Waals surface area contributed by atoms with Gasteiger partial charge in [-0.1, -0.05) is 24.8 Å². The summed E-state index contributed by atoms with van der Waals surface area (Å²) in [7, 11) is 0. The normalized spacial score (nSPS) is 13.9. The first-order valence-corrected chi connectivity index (χ1v) is 9.22. The van der Waals surface area contributed by atoms with Crippen LogP contribution in [0.1, 0.15) is 5.56 Å². The van der Waals surface area contributed by atoms with E-state index in [4.69, 9.17) is 0 Å². The molecule has 7 heteroatoms. The van der Waals surface area contributed by atoms with Crippen molar-refractivity contribution in [3.63, 3.8) is 0 Å². The molecule has 0 bridgehead atoms. The number of benzene rings is 2. The van der Waals surface area contributed by atoms with E-state index in [1.807, 2.05) is 0 Å². The van der Waals surface area contributed by atoms with E-state index in [0.29, 0.717) is 54.2 Å². The highest BCUT2D eigenvalue weighted by Gasteiger charge is 2.22. The molecule has 1 amide bonds. The number of rotatable bonds is 3. The fourth-order valence-corrected chi connectivity index (χ4v) is 3.60. The van der Waals surface area contributed by atoms with Gasteiger partial charge in [-0.05, 0) is 24.3 Å². The molecule has 1 aliphatic heterocycles. The van der Waals surface area contributed by atoms with Gasteiger partial charge in [0.15, 0.2) is 0 Å². The predicted octanol–water partition coefficient (Wildman–Crippen LogP) is 3.14. The maximum atomic E-state index is 14.3. The van der Waals surface area contributed by atoms with Crippen molar-refractivity contribution in [3.8, 4) is 17.2 Å². The van der Waals surface area contributed by atoms with Gasteiger partial charge in [-0.3, -0.25) is 4.79 Å². The second-order valence-corrected chi connectivity index (χ2v) is 6.72. The van der Waals surface area contributed by atoms with Crippen LogP contribution in [0.3, 0.4) is 0 Å². The number of hydrogen-bond acceptors (Lipinski definition) is 5. The second kappa shape index (κ2) is 7.68.